The lowest BCUT2D eigenvalue weighted by molar-refractivity contribution is 0.462. The summed E-state index contributed by atoms with van der Waals surface area (Å²) in [4.78, 5) is 8.34. The molecule has 1 fully saturated rings. The average Bonchev–Trinajstić information content (AvgIpc) is 2.23. The van der Waals surface area contributed by atoms with Gasteiger partial charge in [0.25, 0.3) is 0 Å². The van der Waals surface area contributed by atoms with Gasteiger partial charge in [-0.1, -0.05) is 19.3 Å². The van der Waals surface area contributed by atoms with Crippen LogP contribution in [0.15, 0.2) is 12.4 Å². The minimum absolute atomic E-state index is 0.634. The Morgan fingerprint density at radius 2 is 1.79 bits per heavy atom. The summed E-state index contributed by atoms with van der Waals surface area (Å²) in [5.74, 6) is 0.833. The van der Waals surface area contributed by atoms with Gasteiger partial charge in [0, 0.05) is 6.04 Å². The molecule has 1 aromatic rings. The van der Waals surface area contributed by atoms with Crippen molar-refractivity contribution < 1.29 is 0 Å². The van der Waals surface area contributed by atoms with E-state index in [1.807, 2.05) is 19.3 Å². The van der Waals surface area contributed by atoms with Gasteiger partial charge in [-0.2, -0.15) is 0 Å². The van der Waals surface area contributed by atoms with E-state index in [1.165, 1.54) is 32.1 Å². The Hall–Kier alpha value is -1.12. The van der Waals surface area contributed by atoms with Crippen molar-refractivity contribution in [1.29, 1.82) is 0 Å². The zero-order chi connectivity index (χ0) is 9.80. The van der Waals surface area contributed by atoms with Crippen molar-refractivity contribution in [2.75, 3.05) is 5.32 Å². The van der Waals surface area contributed by atoms with Gasteiger partial charge in [0.15, 0.2) is 0 Å². The standard InChI is InChI=1S/C11H17N3/c1-9-12-7-11(8-13-9)14-10-5-3-2-4-6-10/h7-8,10,14H,2-6H2,1H3. The molecule has 1 saturated carbocycles. The fourth-order valence-corrected chi connectivity index (χ4v) is 1.95. The van der Waals surface area contributed by atoms with Crippen LogP contribution in [0.1, 0.15) is 37.9 Å². The summed E-state index contributed by atoms with van der Waals surface area (Å²) < 4.78 is 0. The van der Waals surface area contributed by atoms with E-state index in [0.717, 1.165) is 11.5 Å². The zero-order valence-electron chi connectivity index (χ0n) is 8.66. The summed E-state index contributed by atoms with van der Waals surface area (Å²) in [5.41, 5.74) is 1.06. The predicted molar refractivity (Wildman–Crippen MR) is 57.3 cm³/mol. The highest BCUT2D eigenvalue weighted by molar-refractivity contribution is 5.38. The predicted octanol–water partition coefficient (Wildman–Crippen LogP) is 2.53. The van der Waals surface area contributed by atoms with E-state index in [0.29, 0.717) is 6.04 Å². The monoisotopic (exact) mass is 191 g/mol. The van der Waals surface area contributed by atoms with Gasteiger partial charge in [0.1, 0.15) is 5.82 Å². The van der Waals surface area contributed by atoms with E-state index >= 15 is 0 Å². The van der Waals surface area contributed by atoms with Crippen molar-refractivity contribution in [3.8, 4) is 0 Å². The van der Waals surface area contributed by atoms with Crippen LogP contribution in [0.2, 0.25) is 0 Å². The third kappa shape index (κ3) is 2.44. The van der Waals surface area contributed by atoms with Gasteiger partial charge in [0.2, 0.25) is 0 Å². The van der Waals surface area contributed by atoms with Crippen LogP contribution in [-0.2, 0) is 0 Å². The average molecular weight is 191 g/mol. The van der Waals surface area contributed by atoms with Crippen LogP contribution in [0.5, 0.6) is 0 Å². The van der Waals surface area contributed by atoms with Crippen molar-refractivity contribution in [2.45, 2.75) is 45.1 Å². The van der Waals surface area contributed by atoms with E-state index < -0.39 is 0 Å². The summed E-state index contributed by atoms with van der Waals surface area (Å²) in [6.07, 6.45) is 10.4. The minimum Gasteiger partial charge on any atom is -0.380 e. The van der Waals surface area contributed by atoms with Crippen LogP contribution in [0.25, 0.3) is 0 Å². The summed E-state index contributed by atoms with van der Waals surface area (Å²) in [7, 11) is 0. The number of hydrogen-bond donors (Lipinski definition) is 1. The number of nitrogens with zero attached hydrogens (tertiary/aromatic N) is 2. The van der Waals surface area contributed by atoms with E-state index in [-0.39, 0.29) is 0 Å². The van der Waals surface area contributed by atoms with Gasteiger partial charge in [-0.05, 0) is 19.8 Å². The molecule has 3 heteroatoms. The topological polar surface area (TPSA) is 37.8 Å². The van der Waals surface area contributed by atoms with Gasteiger partial charge in [-0.3, -0.25) is 0 Å². The highest BCUT2D eigenvalue weighted by Gasteiger charge is 2.12. The van der Waals surface area contributed by atoms with Crippen LogP contribution in [0.3, 0.4) is 0 Å². The molecule has 0 atom stereocenters. The molecular formula is C11H17N3. The maximum atomic E-state index is 4.17. The van der Waals surface area contributed by atoms with E-state index in [9.17, 15) is 0 Å². The van der Waals surface area contributed by atoms with Crippen LogP contribution >= 0.6 is 0 Å². The molecule has 1 aliphatic carbocycles. The van der Waals surface area contributed by atoms with Crippen molar-refractivity contribution in [1.82, 2.24) is 9.97 Å². The smallest absolute Gasteiger partial charge is 0.125 e. The van der Waals surface area contributed by atoms with Crippen molar-refractivity contribution in [2.24, 2.45) is 0 Å². The van der Waals surface area contributed by atoms with E-state index in [2.05, 4.69) is 15.3 Å². The van der Waals surface area contributed by atoms with E-state index in [1.54, 1.807) is 0 Å². The Morgan fingerprint density at radius 3 is 2.43 bits per heavy atom. The summed E-state index contributed by atoms with van der Waals surface area (Å²) in [5, 5.41) is 3.48. The maximum absolute atomic E-state index is 4.17. The summed E-state index contributed by atoms with van der Waals surface area (Å²) in [6.45, 7) is 1.91. The fraction of sp³-hybridized carbons (Fsp3) is 0.636. The Bertz CT molecular complexity index is 275. The second-order valence-electron chi connectivity index (χ2n) is 4.00. The molecule has 0 amide bonds. The molecule has 1 heterocycles. The molecule has 0 spiro atoms. The van der Waals surface area contributed by atoms with Crippen molar-refractivity contribution in [3.05, 3.63) is 18.2 Å². The highest BCUT2D eigenvalue weighted by Crippen LogP contribution is 2.20. The molecule has 3 nitrogen and oxygen atoms in total. The first-order chi connectivity index (χ1) is 6.84. The molecule has 1 aliphatic rings. The zero-order valence-corrected chi connectivity index (χ0v) is 8.66. The number of aryl methyl sites for hydroxylation is 1. The second kappa shape index (κ2) is 4.40. The number of rotatable bonds is 2. The molecule has 0 aliphatic heterocycles. The third-order valence-corrected chi connectivity index (χ3v) is 2.76. The van der Waals surface area contributed by atoms with Gasteiger partial charge < -0.3 is 5.32 Å². The Morgan fingerprint density at radius 1 is 1.14 bits per heavy atom. The molecule has 2 rings (SSSR count). The Labute approximate surface area is 85.0 Å². The van der Waals surface area contributed by atoms with Crippen LogP contribution in [0.4, 0.5) is 5.69 Å². The van der Waals surface area contributed by atoms with Gasteiger partial charge in [-0.15, -0.1) is 0 Å². The van der Waals surface area contributed by atoms with Gasteiger partial charge in [0.05, 0.1) is 18.1 Å². The molecule has 1 N–H and O–H groups in total. The minimum atomic E-state index is 0.634. The largest absolute Gasteiger partial charge is 0.380 e. The number of anilines is 1. The van der Waals surface area contributed by atoms with Gasteiger partial charge >= 0.3 is 0 Å². The summed E-state index contributed by atoms with van der Waals surface area (Å²) in [6, 6.07) is 0.634. The first-order valence-electron chi connectivity index (χ1n) is 5.40. The Balaban J connectivity index is 1.92. The SMILES string of the molecule is Cc1ncc(NC2CCCCC2)cn1. The molecule has 14 heavy (non-hydrogen) atoms. The lowest BCUT2D eigenvalue weighted by atomic mass is 9.95. The number of hydrogen-bond acceptors (Lipinski definition) is 3. The molecule has 0 bridgehead atoms. The first-order valence-corrected chi connectivity index (χ1v) is 5.40. The molecule has 0 radical (unpaired) electrons. The molecule has 0 aromatic carbocycles. The number of nitrogens with one attached hydrogen (secondary N) is 1. The maximum Gasteiger partial charge on any atom is 0.125 e. The molecule has 1 aromatic heterocycles. The Kier molecular flexibility index (Phi) is 2.96. The van der Waals surface area contributed by atoms with E-state index in [4.69, 9.17) is 0 Å². The van der Waals surface area contributed by atoms with Crippen molar-refractivity contribution >= 4 is 5.69 Å². The highest BCUT2D eigenvalue weighted by atomic mass is 15.0. The fourth-order valence-electron chi connectivity index (χ4n) is 1.95. The molecule has 0 saturated heterocycles. The van der Waals surface area contributed by atoms with Crippen LogP contribution in [0, 0.1) is 6.92 Å². The summed E-state index contributed by atoms with van der Waals surface area (Å²) >= 11 is 0. The number of aromatic nitrogens is 2. The molecule has 76 valence electrons. The van der Waals surface area contributed by atoms with Crippen LogP contribution < -0.4 is 5.32 Å². The second-order valence-corrected chi connectivity index (χ2v) is 4.00. The lowest BCUT2D eigenvalue weighted by Crippen LogP contribution is -2.22. The van der Waals surface area contributed by atoms with Crippen molar-refractivity contribution in [3.63, 3.8) is 0 Å². The first kappa shape index (κ1) is 9.44. The lowest BCUT2D eigenvalue weighted by Gasteiger charge is -2.23. The third-order valence-electron chi connectivity index (χ3n) is 2.76. The van der Waals surface area contributed by atoms with Crippen LogP contribution in [-0.4, -0.2) is 16.0 Å². The molecular weight excluding hydrogens is 174 g/mol. The quantitative estimate of drug-likeness (QED) is 0.780. The normalized spacial score (nSPS) is 18.1. The van der Waals surface area contributed by atoms with Gasteiger partial charge in [-0.25, -0.2) is 9.97 Å². The molecule has 0 unspecified atom stereocenters.